The summed E-state index contributed by atoms with van der Waals surface area (Å²) in [6, 6.07) is 8.80. The van der Waals surface area contributed by atoms with Crippen LogP contribution in [-0.2, 0) is 0 Å². The Morgan fingerprint density at radius 1 is 0.588 bits per heavy atom. The molecule has 8 aliphatic carbocycles. The SMILES string of the molecule is CN=C(Nc1ccccc1NC(=NC)C12CC3CC(CC(C3)C1)C2)C12CC3CC(CC(C3)C1)C2. The van der Waals surface area contributed by atoms with Gasteiger partial charge in [-0.05, 0) is 125 Å². The molecule has 4 nitrogen and oxygen atoms in total. The third-order valence-electron chi connectivity index (χ3n) is 11.0. The Hall–Kier alpha value is -1.84. The summed E-state index contributed by atoms with van der Waals surface area (Å²) in [6.07, 6.45) is 16.8. The van der Waals surface area contributed by atoms with E-state index < -0.39 is 0 Å². The monoisotopic (exact) mass is 458 g/mol. The summed E-state index contributed by atoms with van der Waals surface area (Å²) in [6.45, 7) is 0. The summed E-state index contributed by atoms with van der Waals surface area (Å²) in [5.74, 6) is 8.03. The normalized spacial score (nSPS) is 44.5. The van der Waals surface area contributed by atoms with Gasteiger partial charge in [0, 0.05) is 24.9 Å². The molecule has 8 saturated carbocycles. The van der Waals surface area contributed by atoms with Crippen molar-refractivity contribution in [2.75, 3.05) is 24.7 Å². The van der Waals surface area contributed by atoms with E-state index in [1.807, 2.05) is 14.1 Å². The molecule has 0 radical (unpaired) electrons. The first kappa shape index (κ1) is 21.4. The maximum absolute atomic E-state index is 4.92. The minimum atomic E-state index is 0.276. The molecule has 1 aromatic rings. The molecule has 0 aliphatic heterocycles. The van der Waals surface area contributed by atoms with Gasteiger partial charge in [0.05, 0.1) is 11.4 Å². The highest BCUT2D eigenvalue weighted by molar-refractivity contribution is 6.06. The van der Waals surface area contributed by atoms with Crippen molar-refractivity contribution in [3.8, 4) is 0 Å². The molecule has 4 heteroatoms. The molecule has 34 heavy (non-hydrogen) atoms. The minimum Gasteiger partial charge on any atom is -0.342 e. The van der Waals surface area contributed by atoms with Crippen molar-refractivity contribution in [3.63, 3.8) is 0 Å². The summed E-state index contributed by atoms with van der Waals surface area (Å²) in [5.41, 5.74) is 2.89. The first-order chi connectivity index (χ1) is 16.6. The van der Waals surface area contributed by atoms with Gasteiger partial charge in [-0.25, -0.2) is 0 Å². The molecule has 8 bridgehead atoms. The molecule has 0 unspecified atom stereocenters. The number of nitrogens with zero attached hydrogens (tertiary/aromatic N) is 2. The van der Waals surface area contributed by atoms with Crippen molar-refractivity contribution in [1.82, 2.24) is 0 Å². The smallest absolute Gasteiger partial charge is 0.107 e. The second kappa shape index (κ2) is 7.83. The van der Waals surface area contributed by atoms with Gasteiger partial charge in [0.15, 0.2) is 0 Å². The zero-order chi connectivity index (χ0) is 22.9. The number of aliphatic imine (C=N–C) groups is 2. The van der Waals surface area contributed by atoms with Crippen LogP contribution in [0.2, 0.25) is 0 Å². The molecule has 0 spiro atoms. The number of rotatable bonds is 4. The van der Waals surface area contributed by atoms with E-state index in [1.54, 1.807) is 0 Å². The molecule has 0 heterocycles. The van der Waals surface area contributed by atoms with Crippen LogP contribution in [0, 0.1) is 46.3 Å². The van der Waals surface area contributed by atoms with Crippen LogP contribution >= 0.6 is 0 Å². The molecule has 0 amide bonds. The summed E-state index contributed by atoms with van der Waals surface area (Å²) in [5, 5.41) is 7.78. The van der Waals surface area contributed by atoms with Crippen molar-refractivity contribution in [2.45, 2.75) is 77.0 Å². The van der Waals surface area contributed by atoms with Crippen LogP contribution < -0.4 is 10.6 Å². The molecule has 2 N–H and O–H groups in total. The van der Waals surface area contributed by atoms with Crippen LogP contribution in [0.4, 0.5) is 11.4 Å². The number of benzene rings is 1. The average molecular weight is 459 g/mol. The molecular weight excluding hydrogens is 416 g/mol. The van der Waals surface area contributed by atoms with E-state index in [0.717, 1.165) is 35.5 Å². The topological polar surface area (TPSA) is 48.8 Å². The van der Waals surface area contributed by atoms with Crippen LogP contribution in [0.15, 0.2) is 34.3 Å². The molecule has 8 fully saturated rings. The molecule has 182 valence electrons. The van der Waals surface area contributed by atoms with E-state index in [-0.39, 0.29) is 10.8 Å². The van der Waals surface area contributed by atoms with Gasteiger partial charge in [-0.3, -0.25) is 9.98 Å². The summed E-state index contributed by atoms with van der Waals surface area (Å²) in [4.78, 5) is 9.83. The zero-order valence-corrected chi connectivity index (χ0v) is 21.2. The fraction of sp³-hybridized carbons (Fsp3) is 0.733. The van der Waals surface area contributed by atoms with E-state index in [2.05, 4.69) is 34.9 Å². The zero-order valence-electron chi connectivity index (χ0n) is 21.2. The fourth-order valence-electron chi connectivity index (χ4n) is 10.6. The number of para-hydroxylation sites is 2. The summed E-state index contributed by atoms with van der Waals surface area (Å²) in [7, 11) is 4.01. The highest BCUT2D eigenvalue weighted by Gasteiger charge is 2.54. The summed E-state index contributed by atoms with van der Waals surface area (Å²) >= 11 is 0. The number of anilines is 2. The van der Waals surface area contributed by atoms with Crippen LogP contribution in [-0.4, -0.2) is 25.8 Å². The Morgan fingerprint density at radius 3 is 1.15 bits per heavy atom. The van der Waals surface area contributed by atoms with E-state index in [0.29, 0.717) is 0 Å². The lowest BCUT2D eigenvalue weighted by atomic mass is 9.49. The van der Waals surface area contributed by atoms with Gasteiger partial charge in [-0.2, -0.15) is 0 Å². The molecule has 1 aromatic carbocycles. The average Bonchev–Trinajstić information content (AvgIpc) is 2.79. The lowest BCUT2D eigenvalue weighted by molar-refractivity contribution is -0.0125. The van der Waals surface area contributed by atoms with Crippen molar-refractivity contribution in [3.05, 3.63) is 24.3 Å². The molecular formula is C30H42N4. The van der Waals surface area contributed by atoms with Gasteiger partial charge in [-0.15, -0.1) is 0 Å². The third-order valence-corrected chi connectivity index (χ3v) is 11.0. The first-order valence-electron chi connectivity index (χ1n) is 14.1. The quantitative estimate of drug-likeness (QED) is 0.377. The third kappa shape index (κ3) is 3.38. The molecule has 9 rings (SSSR count). The second-order valence-electron chi connectivity index (χ2n) is 13.3. The van der Waals surface area contributed by atoms with E-state index in [1.165, 1.54) is 100 Å². The van der Waals surface area contributed by atoms with E-state index in [4.69, 9.17) is 9.98 Å². The number of hydrogen-bond acceptors (Lipinski definition) is 2. The highest BCUT2D eigenvalue weighted by Crippen LogP contribution is 2.62. The maximum Gasteiger partial charge on any atom is 0.107 e. The highest BCUT2D eigenvalue weighted by atomic mass is 15.1. The second-order valence-corrected chi connectivity index (χ2v) is 13.3. The standard InChI is InChI=1S/C30H42N4/c1-31-27(29-13-19-7-20(14-29)9-21(8-19)15-29)33-25-5-3-4-6-26(25)34-28(32-2)30-16-22-10-23(17-30)12-24(11-22)18-30/h3-6,19-24H,7-18H2,1-2H3,(H,31,33)(H,32,34). The Kier molecular flexibility index (Phi) is 4.94. The van der Waals surface area contributed by atoms with Gasteiger partial charge >= 0.3 is 0 Å². The predicted octanol–water partition coefficient (Wildman–Crippen LogP) is 7.00. The van der Waals surface area contributed by atoms with Crippen LogP contribution in [0.25, 0.3) is 0 Å². The predicted molar refractivity (Wildman–Crippen MR) is 142 cm³/mol. The Morgan fingerprint density at radius 2 is 0.882 bits per heavy atom. The minimum absolute atomic E-state index is 0.276. The van der Waals surface area contributed by atoms with Gasteiger partial charge in [0.1, 0.15) is 11.7 Å². The van der Waals surface area contributed by atoms with E-state index in [9.17, 15) is 0 Å². The van der Waals surface area contributed by atoms with Crippen molar-refractivity contribution in [2.24, 2.45) is 56.3 Å². The number of amidine groups is 2. The molecule has 0 atom stereocenters. The van der Waals surface area contributed by atoms with Gasteiger partial charge in [0.25, 0.3) is 0 Å². The lowest BCUT2D eigenvalue weighted by Gasteiger charge is -2.57. The Labute approximate surface area is 205 Å². The maximum atomic E-state index is 4.92. The Balaban J connectivity index is 1.15. The first-order valence-corrected chi connectivity index (χ1v) is 14.1. The molecule has 8 aliphatic rings. The molecule has 0 aromatic heterocycles. The van der Waals surface area contributed by atoms with Gasteiger partial charge in [-0.1, -0.05) is 12.1 Å². The fourth-order valence-corrected chi connectivity index (χ4v) is 10.6. The van der Waals surface area contributed by atoms with Gasteiger partial charge < -0.3 is 10.6 Å². The van der Waals surface area contributed by atoms with Crippen LogP contribution in [0.3, 0.4) is 0 Å². The van der Waals surface area contributed by atoms with Crippen molar-refractivity contribution < 1.29 is 0 Å². The Bertz CT molecular complexity index is 869. The lowest BCUT2D eigenvalue weighted by Crippen LogP contribution is -2.52. The van der Waals surface area contributed by atoms with Crippen molar-refractivity contribution >= 4 is 23.0 Å². The van der Waals surface area contributed by atoms with Crippen molar-refractivity contribution in [1.29, 1.82) is 0 Å². The van der Waals surface area contributed by atoms with Crippen LogP contribution in [0.5, 0.6) is 0 Å². The number of nitrogens with one attached hydrogen (secondary N) is 2. The van der Waals surface area contributed by atoms with E-state index >= 15 is 0 Å². The number of hydrogen-bond donors (Lipinski definition) is 2. The van der Waals surface area contributed by atoms with Crippen LogP contribution in [0.1, 0.15) is 77.0 Å². The van der Waals surface area contributed by atoms with Gasteiger partial charge in [0.2, 0.25) is 0 Å². The summed E-state index contributed by atoms with van der Waals surface area (Å²) < 4.78 is 0. The largest absolute Gasteiger partial charge is 0.342 e. The molecule has 0 saturated heterocycles.